The molecule has 3 aromatic carbocycles. The van der Waals surface area contributed by atoms with Gasteiger partial charge in [0.25, 0.3) is 11.8 Å². The van der Waals surface area contributed by atoms with Crippen LogP contribution < -0.4 is 14.8 Å². The van der Waals surface area contributed by atoms with Gasteiger partial charge in [-0.1, -0.05) is 30.0 Å². The number of phenolic OH excluding ortho intramolecular Hbond substituents is 1. The number of carbonyl (C=O) groups is 2. The van der Waals surface area contributed by atoms with Crippen molar-refractivity contribution in [3.8, 4) is 29.1 Å². The second-order valence-corrected chi connectivity index (χ2v) is 10.3. The molecular formula is C32H32N2O5. The molecule has 39 heavy (non-hydrogen) atoms. The van der Waals surface area contributed by atoms with Gasteiger partial charge in [-0.2, -0.15) is 0 Å². The Morgan fingerprint density at radius 3 is 2.15 bits per heavy atom. The van der Waals surface area contributed by atoms with Gasteiger partial charge in [0.2, 0.25) is 5.75 Å². The van der Waals surface area contributed by atoms with E-state index in [-0.39, 0.29) is 40.3 Å². The van der Waals surface area contributed by atoms with Crippen LogP contribution in [0.3, 0.4) is 0 Å². The van der Waals surface area contributed by atoms with Crippen molar-refractivity contribution in [2.75, 3.05) is 27.3 Å². The first-order chi connectivity index (χ1) is 18.9. The van der Waals surface area contributed by atoms with Gasteiger partial charge >= 0.3 is 0 Å². The summed E-state index contributed by atoms with van der Waals surface area (Å²) in [5, 5.41) is 13.7. The number of rotatable bonds is 5. The zero-order valence-corrected chi connectivity index (χ0v) is 22.2. The van der Waals surface area contributed by atoms with E-state index in [1.165, 1.54) is 14.2 Å². The number of hydrogen-bond acceptors (Lipinski definition) is 5. The topological polar surface area (TPSA) is 88.1 Å². The molecule has 0 bridgehead atoms. The fraction of sp³-hybridized carbons (Fsp3) is 0.312. The number of aromatic hydroxyl groups is 1. The molecule has 0 aromatic heterocycles. The summed E-state index contributed by atoms with van der Waals surface area (Å²) in [6.07, 6.45) is 3.55. The number of nitrogens with one attached hydrogen (secondary N) is 1. The summed E-state index contributed by atoms with van der Waals surface area (Å²) in [4.78, 5) is 27.7. The molecule has 1 aliphatic heterocycles. The predicted molar refractivity (Wildman–Crippen MR) is 148 cm³/mol. The number of phenols is 1. The maximum absolute atomic E-state index is 13.1. The van der Waals surface area contributed by atoms with E-state index in [2.05, 4.69) is 17.2 Å². The van der Waals surface area contributed by atoms with E-state index in [0.717, 1.165) is 36.8 Å². The Balaban J connectivity index is 1.11. The normalized spacial score (nSPS) is 16.0. The molecule has 1 saturated carbocycles. The van der Waals surface area contributed by atoms with Crippen LogP contribution in [-0.4, -0.2) is 55.2 Å². The van der Waals surface area contributed by atoms with Crippen molar-refractivity contribution in [2.45, 2.75) is 31.7 Å². The second-order valence-electron chi connectivity index (χ2n) is 10.3. The zero-order chi connectivity index (χ0) is 27.4. The zero-order valence-electron chi connectivity index (χ0n) is 22.2. The molecule has 7 heteroatoms. The number of nitrogens with zero attached hydrogens (tertiary/aromatic N) is 1. The molecule has 7 nitrogen and oxygen atoms in total. The van der Waals surface area contributed by atoms with Crippen LogP contribution in [0.5, 0.6) is 17.2 Å². The SMILES string of the molecule is COc1ccc(C(=O)N2CCC3(CC2)CC(NC(=O)c2ccc(C#Cc4ccccc4)cc2)C3)c(O)c1OC. The van der Waals surface area contributed by atoms with Crippen LogP contribution in [0.25, 0.3) is 0 Å². The molecule has 200 valence electrons. The quantitative estimate of drug-likeness (QED) is 0.476. The summed E-state index contributed by atoms with van der Waals surface area (Å²) in [6.45, 7) is 1.22. The minimum Gasteiger partial charge on any atom is -0.504 e. The van der Waals surface area contributed by atoms with E-state index in [1.807, 2.05) is 54.6 Å². The number of likely N-dealkylation sites (tertiary alicyclic amines) is 1. The van der Waals surface area contributed by atoms with Gasteiger partial charge in [-0.05, 0) is 79.6 Å². The summed E-state index contributed by atoms with van der Waals surface area (Å²) < 4.78 is 10.4. The van der Waals surface area contributed by atoms with E-state index in [0.29, 0.717) is 24.4 Å². The van der Waals surface area contributed by atoms with Crippen LogP contribution in [0.1, 0.15) is 57.5 Å². The van der Waals surface area contributed by atoms with Crippen molar-refractivity contribution in [1.29, 1.82) is 0 Å². The van der Waals surface area contributed by atoms with Crippen molar-refractivity contribution >= 4 is 11.8 Å². The molecule has 2 amide bonds. The van der Waals surface area contributed by atoms with E-state index < -0.39 is 0 Å². The van der Waals surface area contributed by atoms with Gasteiger partial charge in [0.1, 0.15) is 0 Å². The lowest BCUT2D eigenvalue weighted by molar-refractivity contribution is 0.00854. The van der Waals surface area contributed by atoms with Gasteiger partial charge in [-0.15, -0.1) is 0 Å². The third-order valence-corrected chi connectivity index (χ3v) is 7.83. The lowest BCUT2D eigenvalue weighted by Crippen LogP contribution is -2.55. The highest BCUT2D eigenvalue weighted by atomic mass is 16.5. The monoisotopic (exact) mass is 524 g/mol. The lowest BCUT2D eigenvalue weighted by Gasteiger charge is -2.52. The van der Waals surface area contributed by atoms with Crippen LogP contribution >= 0.6 is 0 Å². The molecule has 2 N–H and O–H groups in total. The molecule has 1 aliphatic carbocycles. The van der Waals surface area contributed by atoms with Crippen LogP contribution in [0.15, 0.2) is 66.7 Å². The third kappa shape index (κ3) is 5.56. The maximum Gasteiger partial charge on any atom is 0.257 e. The Morgan fingerprint density at radius 1 is 0.897 bits per heavy atom. The number of ether oxygens (including phenoxy) is 2. The Labute approximate surface area is 228 Å². The number of piperidine rings is 1. The molecule has 0 radical (unpaired) electrons. The number of methoxy groups -OCH3 is 2. The molecule has 1 spiro atoms. The Kier molecular flexibility index (Phi) is 7.47. The molecule has 2 aliphatic rings. The Morgan fingerprint density at radius 2 is 1.54 bits per heavy atom. The minimum atomic E-state index is -0.218. The van der Waals surface area contributed by atoms with E-state index >= 15 is 0 Å². The van der Waals surface area contributed by atoms with Crippen LogP contribution in [0.4, 0.5) is 0 Å². The summed E-state index contributed by atoms with van der Waals surface area (Å²) in [5.41, 5.74) is 2.79. The number of carbonyl (C=O) groups excluding carboxylic acids is 2. The first-order valence-electron chi connectivity index (χ1n) is 13.1. The van der Waals surface area contributed by atoms with E-state index in [1.54, 1.807) is 17.0 Å². The molecular weight excluding hydrogens is 492 g/mol. The Hall–Kier alpha value is -4.44. The van der Waals surface area contributed by atoms with Gasteiger partial charge < -0.3 is 24.8 Å². The smallest absolute Gasteiger partial charge is 0.257 e. The average molecular weight is 525 g/mol. The van der Waals surface area contributed by atoms with E-state index in [9.17, 15) is 14.7 Å². The first kappa shape index (κ1) is 26.2. The van der Waals surface area contributed by atoms with Crippen molar-refractivity contribution in [3.63, 3.8) is 0 Å². The highest BCUT2D eigenvalue weighted by Gasteiger charge is 2.47. The van der Waals surface area contributed by atoms with Crippen molar-refractivity contribution < 1.29 is 24.2 Å². The van der Waals surface area contributed by atoms with Gasteiger partial charge in [0.15, 0.2) is 11.5 Å². The van der Waals surface area contributed by atoms with Gasteiger partial charge in [-0.25, -0.2) is 0 Å². The summed E-state index contributed by atoms with van der Waals surface area (Å²) in [5.74, 6) is 6.29. The van der Waals surface area contributed by atoms with Gasteiger partial charge in [0.05, 0.1) is 19.8 Å². The first-order valence-corrected chi connectivity index (χ1v) is 13.1. The van der Waals surface area contributed by atoms with Crippen molar-refractivity contribution in [2.24, 2.45) is 5.41 Å². The molecule has 3 aromatic rings. The molecule has 2 fully saturated rings. The lowest BCUT2D eigenvalue weighted by atomic mass is 9.60. The van der Waals surface area contributed by atoms with Crippen molar-refractivity contribution in [3.05, 3.63) is 89.0 Å². The minimum absolute atomic E-state index is 0.0750. The molecule has 1 heterocycles. The summed E-state index contributed by atoms with van der Waals surface area (Å²) >= 11 is 0. The second kappa shape index (κ2) is 11.1. The van der Waals surface area contributed by atoms with Crippen molar-refractivity contribution in [1.82, 2.24) is 10.2 Å². The van der Waals surface area contributed by atoms with Crippen LogP contribution in [0, 0.1) is 17.3 Å². The fourth-order valence-corrected chi connectivity index (χ4v) is 5.57. The average Bonchev–Trinajstić information content (AvgIpc) is 2.95. The highest BCUT2D eigenvalue weighted by Crippen LogP contribution is 2.49. The van der Waals surface area contributed by atoms with E-state index in [4.69, 9.17) is 9.47 Å². The highest BCUT2D eigenvalue weighted by molar-refractivity contribution is 5.98. The fourth-order valence-electron chi connectivity index (χ4n) is 5.57. The molecule has 0 atom stereocenters. The number of hydrogen-bond donors (Lipinski definition) is 2. The molecule has 1 saturated heterocycles. The number of amides is 2. The molecule has 0 unspecified atom stereocenters. The van der Waals surface area contributed by atoms with Gasteiger partial charge in [0, 0.05) is 35.8 Å². The van der Waals surface area contributed by atoms with Crippen LogP contribution in [0.2, 0.25) is 0 Å². The standard InChI is InChI=1S/C32H32N2O5/c1-38-27-15-14-26(28(35)29(27)39-2)31(37)34-18-16-32(17-19-34)20-25(21-32)33-30(36)24-12-10-23(11-13-24)9-8-22-6-4-3-5-7-22/h3-7,10-15,25,35H,16-21H2,1-2H3,(H,33,36). The largest absolute Gasteiger partial charge is 0.504 e. The number of benzene rings is 3. The van der Waals surface area contributed by atoms with Gasteiger partial charge in [-0.3, -0.25) is 9.59 Å². The summed E-state index contributed by atoms with van der Waals surface area (Å²) in [6, 6.07) is 20.5. The third-order valence-electron chi connectivity index (χ3n) is 7.83. The predicted octanol–water partition coefficient (Wildman–Crippen LogP) is 4.62. The van der Waals surface area contributed by atoms with Crippen LogP contribution in [-0.2, 0) is 0 Å². The Bertz CT molecular complexity index is 1410. The maximum atomic E-state index is 13.1. The summed E-state index contributed by atoms with van der Waals surface area (Å²) in [7, 11) is 2.91. The molecule has 5 rings (SSSR count).